The maximum atomic E-state index is 13.5. The third-order valence-electron chi connectivity index (χ3n) is 5.87. The number of carbonyl (C=O) groups excluding carboxylic acids is 1. The predicted octanol–water partition coefficient (Wildman–Crippen LogP) is 3.93. The number of carbonyl (C=O) groups is 1. The highest BCUT2D eigenvalue weighted by atomic mass is 32.2. The van der Waals surface area contributed by atoms with Crippen molar-refractivity contribution in [2.75, 3.05) is 17.9 Å². The fourth-order valence-electron chi connectivity index (χ4n) is 4.53. The quantitative estimate of drug-likeness (QED) is 0.671. The van der Waals surface area contributed by atoms with Gasteiger partial charge in [-0.15, -0.1) is 10.2 Å². The van der Waals surface area contributed by atoms with Crippen molar-refractivity contribution in [1.29, 1.82) is 5.26 Å². The maximum Gasteiger partial charge on any atom is 0.231 e. The van der Waals surface area contributed by atoms with Crippen molar-refractivity contribution < 1.29 is 14.3 Å². The van der Waals surface area contributed by atoms with Crippen molar-refractivity contribution in [1.82, 2.24) is 10.2 Å². The SMILES string of the molecule is CSc1nnc(N2C(N)=C(C#N)C(c3ccc4c(c3)OCO4)C3=C2CC(C)(C)CC3=O)s1. The molecule has 2 aliphatic heterocycles. The van der Waals surface area contributed by atoms with Gasteiger partial charge in [-0.25, -0.2) is 0 Å². The molecule has 1 aliphatic carbocycles. The van der Waals surface area contributed by atoms with E-state index >= 15 is 0 Å². The third-order valence-corrected chi connectivity index (χ3v) is 7.76. The van der Waals surface area contributed by atoms with Crippen LogP contribution in [0.3, 0.4) is 0 Å². The van der Waals surface area contributed by atoms with Gasteiger partial charge in [-0.3, -0.25) is 9.69 Å². The number of rotatable bonds is 3. The van der Waals surface area contributed by atoms with Crippen molar-refractivity contribution in [2.24, 2.45) is 11.1 Å². The zero-order valence-electron chi connectivity index (χ0n) is 17.8. The number of Topliss-reactive ketones (excluding diaryl/α,β-unsaturated/α-hetero) is 1. The van der Waals surface area contributed by atoms with Gasteiger partial charge < -0.3 is 15.2 Å². The van der Waals surface area contributed by atoms with Crippen LogP contribution in [0.25, 0.3) is 0 Å². The van der Waals surface area contributed by atoms with Crippen LogP contribution in [-0.4, -0.2) is 29.0 Å². The molecule has 1 atom stereocenters. The number of hydrogen-bond donors (Lipinski definition) is 1. The molecule has 8 nitrogen and oxygen atoms in total. The predicted molar refractivity (Wildman–Crippen MR) is 121 cm³/mol. The van der Waals surface area contributed by atoms with Gasteiger partial charge in [-0.2, -0.15) is 5.26 Å². The molecule has 10 heteroatoms. The fourth-order valence-corrected chi connectivity index (χ4v) is 5.83. The Morgan fingerprint density at radius 1 is 1.28 bits per heavy atom. The van der Waals surface area contributed by atoms with Gasteiger partial charge >= 0.3 is 0 Å². The van der Waals surface area contributed by atoms with Crippen LogP contribution in [0.4, 0.5) is 5.13 Å². The van der Waals surface area contributed by atoms with E-state index in [0.29, 0.717) is 40.6 Å². The second kappa shape index (κ2) is 7.53. The summed E-state index contributed by atoms with van der Waals surface area (Å²) in [5.41, 5.74) is 8.84. The van der Waals surface area contributed by atoms with Gasteiger partial charge in [0.15, 0.2) is 21.6 Å². The Hall–Kier alpha value is -3.03. The van der Waals surface area contributed by atoms with Gasteiger partial charge in [0.2, 0.25) is 11.9 Å². The molecule has 32 heavy (non-hydrogen) atoms. The second-order valence-corrected chi connectivity index (χ2v) is 10.7. The molecule has 3 heterocycles. The van der Waals surface area contributed by atoms with E-state index in [9.17, 15) is 10.1 Å². The van der Waals surface area contributed by atoms with Crippen molar-refractivity contribution in [2.45, 2.75) is 36.9 Å². The Balaban J connectivity index is 1.73. The molecule has 1 aromatic carbocycles. The van der Waals surface area contributed by atoms with Crippen LogP contribution in [0, 0.1) is 16.7 Å². The lowest BCUT2D eigenvalue weighted by Crippen LogP contribution is -2.42. The standard InChI is InChI=1S/C22H21N5O3S2/c1-22(2)7-13-18(14(28)8-22)17(11-4-5-15-16(6-11)30-10-29-15)12(9-23)19(24)27(13)20-25-26-21(31-3)32-20/h4-6,17H,7-8,10,24H2,1-3H3. The summed E-state index contributed by atoms with van der Waals surface area (Å²) in [4.78, 5) is 15.3. The van der Waals surface area contributed by atoms with E-state index in [1.54, 1.807) is 4.90 Å². The lowest BCUT2D eigenvalue weighted by molar-refractivity contribution is -0.118. The van der Waals surface area contributed by atoms with Crippen LogP contribution in [0.1, 0.15) is 38.2 Å². The number of thioether (sulfide) groups is 1. The van der Waals surface area contributed by atoms with Crippen LogP contribution >= 0.6 is 23.1 Å². The van der Waals surface area contributed by atoms with Crippen LogP contribution in [0.5, 0.6) is 11.5 Å². The van der Waals surface area contributed by atoms with Gasteiger partial charge in [0.05, 0.1) is 17.6 Å². The Bertz CT molecular complexity index is 1240. The van der Waals surface area contributed by atoms with Gasteiger partial charge in [0, 0.05) is 17.7 Å². The Morgan fingerprint density at radius 2 is 2.06 bits per heavy atom. The first-order valence-corrected chi connectivity index (χ1v) is 12.1. The minimum absolute atomic E-state index is 0.0128. The largest absolute Gasteiger partial charge is 0.454 e. The number of hydrogen-bond acceptors (Lipinski definition) is 10. The maximum absolute atomic E-state index is 13.5. The lowest BCUT2D eigenvalue weighted by Gasteiger charge is -2.42. The first-order chi connectivity index (χ1) is 15.3. The number of anilines is 1. The highest BCUT2D eigenvalue weighted by Crippen LogP contribution is 2.51. The van der Waals surface area contributed by atoms with E-state index < -0.39 is 5.92 Å². The molecular formula is C22H21N5O3S2. The fraction of sp³-hybridized carbons (Fsp3) is 0.364. The van der Waals surface area contributed by atoms with E-state index in [1.807, 2.05) is 24.5 Å². The second-order valence-electron chi connectivity index (χ2n) is 8.65. The molecule has 5 rings (SSSR count). The van der Waals surface area contributed by atoms with Crippen molar-refractivity contribution in [3.63, 3.8) is 0 Å². The molecule has 0 radical (unpaired) electrons. The number of benzene rings is 1. The summed E-state index contributed by atoms with van der Waals surface area (Å²) in [6.07, 6.45) is 2.95. The summed E-state index contributed by atoms with van der Waals surface area (Å²) < 4.78 is 11.8. The number of ether oxygens (including phenoxy) is 2. The molecule has 0 spiro atoms. The zero-order valence-corrected chi connectivity index (χ0v) is 19.5. The van der Waals surface area contributed by atoms with Crippen LogP contribution in [0.2, 0.25) is 0 Å². The minimum atomic E-state index is -0.572. The Labute approximate surface area is 193 Å². The normalized spacial score (nSPS) is 21.6. The summed E-state index contributed by atoms with van der Waals surface area (Å²) >= 11 is 2.87. The molecule has 2 N–H and O–H groups in total. The van der Waals surface area contributed by atoms with Crippen molar-refractivity contribution in [3.05, 3.63) is 46.4 Å². The molecule has 164 valence electrons. The molecule has 0 amide bonds. The average molecular weight is 468 g/mol. The van der Waals surface area contributed by atoms with Crippen molar-refractivity contribution in [3.8, 4) is 17.6 Å². The smallest absolute Gasteiger partial charge is 0.231 e. The van der Waals surface area contributed by atoms with Crippen LogP contribution in [0.15, 0.2) is 45.2 Å². The topological polar surface area (TPSA) is 114 Å². The molecule has 0 saturated carbocycles. The first kappa shape index (κ1) is 20.8. The Kier molecular flexibility index (Phi) is 4.91. The number of ketones is 1. The summed E-state index contributed by atoms with van der Waals surface area (Å²) in [5, 5.41) is 19.2. The number of fused-ring (bicyclic) bond motifs is 1. The van der Waals surface area contributed by atoms with Crippen molar-refractivity contribution >= 4 is 34.0 Å². The summed E-state index contributed by atoms with van der Waals surface area (Å²) in [6.45, 7) is 4.28. The molecule has 0 saturated heterocycles. The summed E-state index contributed by atoms with van der Waals surface area (Å²) in [6, 6.07) is 7.78. The molecule has 0 bridgehead atoms. The molecule has 1 aromatic heterocycles. The number of nitriles is 1. The lowest BCUT2D eigenvalue weighted by atomic mass is 9.68. The molecule has 0 fully saturated rings. The van der Waals surface area contributed by atoms with E-state index in [4.69, 9.17) is 15.2 Å². The van der Waals surface area contributed by atoms with Crippen LogP contribution in [-0.2, 0) is 4.79 Å². The molecule has 1 unspecified atom stereocenters. The number of aromatic nitrogens is 2. The van der Waals surface area contributed by atoms with E-state index in [2.05, 4.69) is 30.1 Å². The number of nitrogens with zero attached hydrogens (tertiary/aromatic N) is 4. The highest BCUT2D eigenvalue weighted by Gasteiger charge is 2.45. The van der Waals surface area contributed by atoms with Crippen LogP contribution < -0.4 is 20.1 Å². The number of nitrogens with two attached hydrogens (primary N) is 1. The summed E-state index contributed by atoms with van der Waals surface area (Å²) in [7, 11) is 0. The Morgan fingerprint density at radius 3 is 2.78 bits per heavy atom. The molecule has 2 aromatic rings. The summed E-state index contributed by atoms with van der Waals surface area (Å²) in [5.74, 6) is 0.963. The third kappa shape index (κ3) is 3.24. The van der Waals surface area contributed by atoms with Gasteiger partial charge in [0.25, 0.3) is 0 Å². The van der Waals surface area contributed by atoms with E-state index in [1.165, 1.54) is 23.1 Å². The number of allylic oxidation sites excluding steroid dienone is 3. The minimum Gasteiger partial charge on any atom is -0.454 e. The molecule has 3 aliphatic rings. The van der Waals surface area contributed by atoms with E-state index in [0.717, 1.165) is 15.6 Å². The van der Waals surface area contributed by atoms with E-state index in [-0.39, 0.29) is 23.8 Å². The average Bonchev–Trinajstić information content (AvgIpc) is 3.40. The zero-order chi connectivity index (χ0) is 22.6. The van der Waals surface area contributed by atoms with Gasteiger partial charge in [-0.05, 0) is 35.8 Å². The highest BCUT2D eigenvalue weighted by molar-refractivity contribution is 8.00. The van der Waals surface area contributed by atoms with Gasteiger partial charge in [-0.1, -0.05) is 43.0 Å². The van der Waals surface area contributed by atoms with Gasteiger partial charge in [0.1, 0.15) is 5.82 Å². The first-order valence-electron chi connectivity index (χ1n) is 10.1. The monoisotopic (exact) mass is 467 g/mol. The molecular weight excluding hydrogens is 446 g/mol.